The molecule has 0 saturated carbocycles. The van der Waals surface area contributed by atoms with Crippen molar-refractivity contribution in [3.63, 3.8) is 0 Å². The number of rotatable bonds is 16. The van der Waals surface area contributed by atoms with Crippen molar-refractivity contribution in [2.45, 2.75) is 92.7 Å². The van der Waals surface area contributed by atoms with E-state index < -0.39 is 35.9 Å². The Morgan fingerprint density at radius 1 is 0.829 bits per heavy atom. The molecule has 0 aromatic heterocycles. The topological polar surface area (TPSA) is 161 Å². The SMILES string of the molecule is CC(C)CCOC(=O)Oc1ccc(CC(N)(C[C@H](C)OC(=O)C(C)C(C)C)C(=O)O)cc1OC(=O)OCCC(C)C. The van der Waals surface area contributed by atoms with Crippen molar-refractivity contribution in [2.24, 2.45) is 29.4 Å². The lowest BCUT2D eigenvalue weighted by atomic mass is 9.86. The average molecular weight is 582 g/mol. The molecule has 232 valence electrons. The van der Waals surface area contributed by atoms with E-state index in [2.05, 4.69) is 0 Å². The Bertz CT molecular complexity index is 1020. The predicted octanol–water partition coefficient (Wildman–Crippen LogP) is 5.75. The smallest absolute Gasteiger partial charge is 0.480 e. The summed E-state index contributed by atoms with van der Waals surface area (Å²) in [5.41, 5.74) is 4.84. The van der Waals surface area contributed by atoms with Crippen LogP contribution in [0.25, 0.3) is 0 Å². The van der Waals surface area contributed by atoms with E-state index in [0.29, 0.717) is 30.2 Å². The van der Waals surface area contributed by atoms with Crippen LogP contribution in [-0.2, 0) is 30.2 Å². The molecular weight excluding hydrogens is 534 g/mol. The van der Waals surface area contributed by atoms with E-state index in [1.165, 1.54) is 18.2 Å². The Kier molecular flexibility index (Phi) is 14.6. The molecule has 1 rings (SSSR count). The highest BCUT2D eigenvalue weighted by molar-refractivity contribution is 5.79. The molecule has 41 heavy (non-hydrogen) atoms. The number of ether oxygens (including phenoxy) is 5. The summed E-state index contributed by atoms with van der Waals surface area (Å²) < 4.78 is 26.2. The Morgan fingerprint density at radius 3 is 1.80 bits per heavy atom. The Hall–Kier alpha value is -3.34. The first-order chi connectivity index (χ1) is 19.0. The van der Waals surface area contributed by atoms with Crippen LogP contribution >= 0.6 is 0 Å². The number of hydrogen-bond acceptors (Lipinski definition) is 10. The minimum absolute atomic E-state index is 0.0560. The van der Waals surface area contributed by atoms with Gasteiger partial charge in [-0.15, -0.1) is 0 Å². The molecule has 1 aromatic carbocycles. The summed E-state index contributed by atoms with van der Waals surface area (Å²) >= 11 is 0. The summed E-state index contributed by atoms with van der Waals surface area (Å²) in [6, 6.07) is 4.20. The van der Waals surface area contributed by atoms with Gasteiger partial charge in [-0.1, -0.05) is 54.5 Å². The summed E-state index contributed by atoms with van der Waals surface area (Å²) in [6.45, 7) is 15.3. The minimum Gasteiger partial charge on any atom is -0.480 e. The summed E-state index contributed by atoms with van der Waals surface area (Å²) in [5, 5.41) is 9.97. The van der Waals surface area contributed by atoms with Gasteiger partial charge >= 0.3 is 24.2 Å². The van der Waals surface area contributed by atoms with Crippen LogP contribution in [-0.4, -0.2) is 54.2 Å². The third-order valence-corrected chi connectivity index (χ3v) is 6.51. The molecule has 3 N–H and O–H groups in total. The Morgan fingerprint density at radius 2 is 1.34 bits per heavy atom. The molecule has 0 fully saturated rings. The zero-order valence-corrected chi connectivity index (χ0v) is 25.6. The van der Waals surface area contributed by atoms with Crippen LogP contribution in [0.4, 0.5) is 9.59 Å². The molecule has 11 nitrogen and oxygen atoms in total. The van der Waals surface area contributed by atoms with E-state index in [9.17, 15) is 24.3 Å². The third kappa shape index (κ3) is 13.2. The molecule has 2 unspecified atom stereocenters. The lowest BCUT2D eigenvalue weighted by Gasteiger charge is -2.29. The lowest BCUT2D eigenvalue weighted by Crippen LogP contribution is -2.52. The molecule has 0 amide bonds. The van der Waals surface area contributed by atoms with Gasteiger partial charge in [-0.3, -0.25) is 9.59 Å². The monoisotopic (exact) mass is 581 g/mol. The van der Waals surface area contributed by atoms with Crippen molar-refractivity contribution in [1.82, 2.24) is 0 Å². The van der Waals surface area contributed by atoms with Crippen molar-refractivity contribution >= 4 is 24.2 Å². The maximum Gasteiger partial charge on any atom is 0.513 e. The second kappa shape index (κ2) is 16.8. The second-order valence-electron chi connectivity index (χ2n) is 11.7. The van der Waals surface area contributed by atoms with Gasteiger partial charge in [0.05, 0.1) is 19.1 Å². The normalized spacial score (nSPS) is 14.2. The van der Waals surface area contributed by atoms with Gasteiger partial charge in [0.15, 0.2) is 11.5 Å². The first-order valence-corrected chi connectivity index (χ1v) is 14.1. The Balaban J connectivity index is 3.15. The fourth-order valence-corrected chi connectivity index (χ4v) is 3.55. The summed E-state index contributed by atoms with van der Waals surface area (Å²) in [6.07, 6.45) is -1.90. The van der Waals surface area contributed by atoms with Gasteiger partial charge in [0.2, 0.25) is 0 Å². The van der Waals surface area contributed by atoms with Crippen molar-refractivity contribution < 1.29 is 48.0 Å². The molecular formula is C30H47NO10. The molecule has 0 heterocycles. The zero-order chi connectivity index (χ0) is 31.3. The number of nitrogens with two attached hydrogens (primary N) is 1. The molecule has 1 aromatic rings. The van der Waals surface area contributed by atoms with Crippen LogP contribution in [0.2, 0.25) is 0 Å². The number of carbonyl (C=O) groups excluding carboxylic acids is 3. The highest BCUT2D eigenvalue weighted by Crippen LogP contribution is 2.31. The molecule has 3 atom stereocenters. The van der Waals surface area contributed by atoms with Crippen LogP contribution in [0.5, 0.6) is 11.5 Å². The minimum atomic E-state index is -1.83. The molecule has 0 aliphatic carbocycles. The number of esters is 1. The zero-order valence-electron chi connectivity index (χ0n) is 25.6. The van der Waals surface area contributed by atoms with Crippen LogP contribution in [0.1, 0.15) is 80.2 Å². The van der Waals surface area contributed by atoms with Gasteiger partial charge in [0.25, 0.3) is 0 Å². The molecule has 0 saturated heterocycles. The van der Waals surface area contributed by atoms with E-state index >= 15 is 0 Å². The summed E-state index contributed by atoms with van der Waals surface area (Å²) in [5.74, 6) is -1.72. The van der Waals surface area contributed by atoms with Crippen molar-refractivity contribution in [1.29, 1.82) is 0 Å². The molecule has 0 spiro atoms. The van der Waals surface area contributed by atoms with Gasteiger partial charge < -0.3 is 34.5 Å². The quantitative estimate of drug-likeness (QED) is 0.139. The van der Waals surface area contributed by atoms with Crippen LogP contribution in [0, 0.1) is 23.7 Å². The predicted molar refractivity (Wildman–Crippen MR) is 152 cm³/mol. The van der Waals surface area contributed by atoms with Crippen molar-refractivity contribution in [3.8, 4) is 11.5 Å². The van der Waals surface area contributed by atoms with Gasteiger partial charge in [0, 0.05) is 12.8 Å². The fourth-order valence-electron chi connectivity index (χ4n) is 3.55. The maximum absolute atomic E-state index is 12.4. The van der Waals surface area contributed by atoms with Gasteiger partial charge in [-0.05, 0) is 55.2 Å². The molecule has 0 bridgehead atoms. The maximum atomic E-state index is 12.4. The van der Waals surface area contributed by atoms with Crippen molar-refractivity contribution in [3.05, 3.63) is 23.8 Å². The second-order valence-corrected chi connectivity index (χ2v) is 11.7. The third-order valence-electron chi connectivity index (χ3n) is 6.51. The first kappa shape index (κ1) is 35.7. The van der Waals surface area contributed by atoms with Gasteiger partial charge in [0.1, 0.15) is 11.6 Å². The number of benzene rings is 1. The van der Waals surface area contributed by atoms with E-state index in [-0.39, 0.29) is 49.4 Å². The number of carboxylic acid groups (broad SMARTS) is 1. The molecule has 0 radical (unpaired) electrons. The van der Waals surface area contributed by atoms with E-state index in [1.54, 1.807) is 13.8 Å². The standard InChI is InChI=1S/C30H47NO10/c1-18(2)11-13-37-28(35)40-24-10-9-23(15-25(24)41-29(36)38-14-12-19(3)4)17-30(31,27(33)34)16-21(7)39-26(32)22(8)20(5)6/h9-10,15,18-22H,11-14,16-17,31H2,1-8H3,(H,33,34)/t21-,22?,30?/m0/s1. The molecule has 0 aliphatic rings. The first-order valence-electron chi connectivity index (χ1n) is 14.1. The van der Waals surface area contributed by atoms with Gasteiger partial charge in [-0.2, -0.15) is 0 Å². The highest BCUT2D eigenvalue weighted by atomic mass is 16.7. The summed E-state index contributed by atoms with van der Waals surface area (Å²) in [7, 11) is 0. The van der Waals surface area contributed by atoms with Crippen LogP contribution in [0.15, 0.2) is 18.2 Å². The largest absolute Gasteiger partial charge is 0.513 e. The molecule has 0 aliphatic heterocycles. The van der Waals surface area contributed by atoms with Crippen LogP contribution in [0.3, 0.4) is 0 Å². The average Bonchev–Trinajstić information content (AvgIpc) is 2.84. The number of aliphatic carboxylic acids is 1. The molecule has 11 heteroatoms. The number of carboxylic acids is 1. The van der Waals surface area contributed by atoms with E-state index in [4.69, 9.17) is 29.4 Å². The lowest BCUT2D eigenvalue weighted by molar-refractivity contribution is -0.157. The number of carbonyl (C=O) groups is 4. The Labute approximate surface area is 243 Å². The van der Waals surface area contributed by atoms with Crippen molar-refractivity contribution in [2.75, 3.05) is 13.2 Å². The van der Waals surface area contributed by atoms with E-state index in [1.807, 2.05) is 41.5 Å². The number of hydrogen-bond donors (Lipinski definition) is 2. The van der Waals surface area contributed by atoms with Crippen LogP contribution < -0.4 is 15.2 Å². The van der Waals surface area contributed by atoms with Gasteiger partial charge in [-0.25, -0.2) is 9.59 Å². The fraction of sp³-hybridized carbons (Fsp3) is 0.667. The van der Waals surface area contributed by atoms with E-state index in [0.717, 1.165) is 0 Å². The highest BCUT2D eigenvalue weighted by Gasteiger charge is 2.37. The summed E-state index contributed by atoms with van der Waals surface area (Å²) in [4.78, 5) is 49.2.